The van der Waals surface area contributed by atoms with Crippen LogP contribution < -0.4 is 11.0 Å². The van der Waals surface area contributed by atoms with Gasteiger partial charge in [-0.2, -0.15) is 5.10 Å². The summed E-state index contributed by atoms with van der Waals surface area (Å²) in [7, 11) is 3.40. The fourth-order valence-corrected chi connectivity index (χ4v) is 3.29. The maximum Gasteiger partial charge on any atom is 0.345 e. The first-order chi connectivity index (χ1) is 11.1. The summed E-state index contributed by atoms with van der Waals surface area (Å²) in [6.07, 6.45) is 8.09. The zero-order chi connectivity index (χ0) is 16.4. The number of amides is 1. The van der Waals surface area contributed by atoms with Crippen LogP contribution in [-0.2, 0) is 20.5 Å². The molecule has 0 aliphatic heterocycles. The maximum atomic E-state index is 12.2. The highest BCUT2D eigenvalue weighted by Crippen LogP contribution is 2.27. The lowest BCUT2D eigenvalue weighted by Gasteiger charge is -2.31. The summed E-state index contributed by atoms with van der Waals surface area (Å²) in [5.74, 6) is 1.20. The Balaban J connectivity index is 1.72. The van der Waals surface area contributed by atoms with Crippen LogP contribution in [0.4, 0.5) is 0 Å². The summed E-state index contributed by atoms with van der Waals surface area (Å²) in [6.45, 7) is 0. The number of hydrogen-bond donors (Lipinski definition) is 2. The van der Waals surface area contributed by atoms with Crippen molar-refractivity contribution in [2.75, 3.05) is 0 Å². The van der Waals surface area contributed by atoms with E-state index in [0.29, 0.717) is 12.2 Å². The van der Waals surface area contributed by atoms with Gasteiger partial charge in [-0.3, -0.25) is 9.36 Å². The van der Waals surface area contributed by atoms with E-state index >= 15 is 0 Å². The summed E-state index contributed by atoms with van der Waals surface area (Å²) < 4.78 is 2.94. The second kappa shape index (κ2) is 6.39. The van der Waals surface area contributed by atoms with E-state index in [-0.39, 0.29) is 23.6 Å². The molecule has 2 aromatic heterocycles. The first-order valence-electron chi connectivity index (χ1n) is 7.95. The topological polar surface area (TPSA) is 97.6 Å². The molecule has 0 unspecified atom stereocenters. The molecule has 2 heterocycles. The molecule has 124 valence electrons. The summed E-state index contributed by atoms with van der Waals surface area (Å²) in [6, 6.07) is 0.0819. The molecule has 3 rings (SSSR count). The van der Waals surface area contributed by atoms with Crippen LogP contribution in [0.15, 0.2) is 17.2 Å². The molecule has 0 aromatic carbocycles. The van der Waals surface area contributed by atoms with Crippen molar-refractivity contribution in [3.8, 4) is 0 Å². The van der Waals surface area contributed by atoms with Crippen LogP contribution in [0.5, 0.6) is 0 Å². The predicted molar refractivity (Wildman–Crippen MR) is 84.0 cm³/mol. The fraction of sp³-hybridized carbons (Fsp3) is 0.600. The second-order valence-corrected chi connectivity index (χ2v) is 6.15. The molecule has 0 saturated heterocycles. The molecule has 0 spiro atoms. The Morgan fingerprint density at radius 1 is 1.39 bits per heavy atom. The van der Waals surface area contributed by atoms with Crippen molar-refractivity contribution < 1.29 is 4.79 Å². The Hall–Kier alpha value is -2.38. The number of aromatic amines is 1. The Morgan fingerprint density at radius 2 is 2.17 bits per heavy atom. The van der Waals surface area contributed by atoms with Crippen molar-refractivity contribution in [3.05, 3.63) is 34.5 Å². The van der Waals surface area contributed by atoms with Crippen LogP contribution >= 0.6 is 0 Å². The number of nitrogens with one attached hydrogen (secondary N) is 2. The molecule has 1 saturated carbocycles. The lowest BCUT2D eigenvalue weighted by atomic mass is 9.82. The maximum absolute atomic E-state index is 12.2. The number of aromatic nitrogens is 5. The molecular formula is C15H22N6O2. The number of carbonyl (C=O) groups excluding carboxylic acids is 1. The molecule has 23 heavy (non-hydrogen) atoms. The van der Waals surface area contributed by atoms with Crippen molar-refractivity contribution >= 4 is 5.91 Å². The Kier molecular flexibility index (Phi) is 4.31. The highest BCUT2D eigenvalue weighted by Gasteiger charge is 2.29. The van der Waals surface area contributed by atoms with Crippen molar-refractivity contribution in [3.63, 3.8) is 0 Å². The van der Waals surface area contributed by atoms with Crippen LogP contribution in [0.1, 0.15) is 42.1 Å². The molecule has 1 aliphatic carbocycles. The lowest BCUT2D eigenvalue weighted by Crippen LogP contribution is -2.43. The number of nitrogens with zero attached hydrogens (tertiary/aromatic N) is 4. The second-order valence-electron chi connectivity index (χ2n) is 6.15. The van der Waals surface area contributed by atoms with Gasteiger partial charge in [-0.1, -0.05) is 12.8 Å². The zero-order valence-electron chi connectivity index (χ0n) is 13.5. The number of hydrogen-bond acceptors (Lipinski definition) is 4. The third kappa shape index (κ3) is 3.20. The number of rotatable bonds is 4. The Bertz CT molecular complexity index is 730. The normalized spacial score (nSPS) is 21.3. The third-order valence-corrected chi connectivity index (χ3v) is 4.60. The van der Waals surface area contributed by atoms with Crippen molar-refractivity contribution in [2.45, 2.75) is 38.1 Å². The number of aryl methyl sites for hydroxylation is 1. The van der Waals surface area contributed by atoms with Crippen LogP contribution in [0.3, 0.4) is 0 Å². The lowest BCUT2D eigenvalue weighted by molar-refractivity contribution is 0.0895. The van der Waals surface area contributed by atoms with E-state index in [0.717, 1.165) is 31.5 Å². The number of imidazole rings is 1. The van der Waals surface area contributed by atoms with E-state index in [1.54, 1.807) is 31.1 Å². The average molecular weight is 318 g/mol. The molecule has 1 amide bonds. The van der Waals surface area contributed by atoms with Gasteiger partial charge in [0.25, 0.3) is 5.91 Å². The minimum atomic E-state index is -0.179. The van der Waals surface area contributed by atoms with Gasteiger partial charge in [-0.25, -0.2) is 14.5 Å². The fourth-order valence-electron chi connectivity index (χ4n) is 3.29. The Morgan fingerprint density at radius 3 is 2.83 bits per heavy atom. The van der Waals surface area contributed by atoms with Crippen LogP contribution in [0.2, 0.25) is 0 Å². The SMILES string of the molecule is Cn1nc(C[C@H]2CCCC[C@H]2NC(=O)c2ncc[nH]2)n(C)c1=O. The van der Waals surface area contributed by atoms with E-state index in [9.17, 15) is 9.59 Å². The quantitative estimate of drug-likeness (QED) is 0.851. The predicted octanol–water partition coefficient (Wildman–Crippen LogP) is 0.373. The van der Waals surface area contributed by atoms with Gasteiger partial charge in [0.2, 0.25) is 0 Å². The van der Waals surface area contributed by atoms with Gasteiger partial charge in [-0.05, 0) is 18.8 Å². The Labute approximate surface area is 133 Å². The highest BCUT2D eigenvalue weighted by molar-refractivity contribution is 5.90. The van der Waals surface area contributed by atoms with Crippen molar-refractivity contribution in [2.24, 2.45) is 20.0 Å². The molecule has 8 heteroatoms. The highest BCUT2D eigenvalue weighted by atomic mass is 16.2. The van der Waals surface area contributed by atoms with E-state index in [2.05, 4.69) is 20.4 Å². The van der Waals surface area contributed by atoms with Crippen LogP contribution in [0.25, 0.3) is 0 Å². The molecule has 8 nitrogen and oxygen atoms in total. The summed E-state index contributed by atoms with van der Waals surface area (Å²) in [4.78, 5) is 30.9. The van der Waals surface area contributed by atoms with E-state index < -0.39 is 0 Å². The van der Waals surface area contributed by atoms with Gasteiger partial charge in [0.1, 0.15) is 5.82 Å². The van der Waals surface area contributed by atoms with Crippen LogP contribution in [-0.4, -0.2) is 36.3 Å². The van der Waals surface area contributed by atoms with E-state index in [4.69, 9.17) is 0 Å². The standard InChI is InChI=1S/C15H22N6O2/c1-20-12(19-21(2)15(20)23)9-10-5-3-4-6-11(10)18-14(22)13-16-7-8-17-13/h7-8,10-11H,3-6,9H2,1-2H3,(H,16,17)(H,18,22)/t10-,11-/m1/s1. The minimum Gasteiger partial charge on any atom is -0.346 e. The number of carbonyl (C=O) groups is 1. The van der Waals surface area contributed by atoms with Crippen molar-refractivity contribution in [1.29, 1.82) is 0 Å². The largest absolute Gasteiger partial charge is 0.346 e. The summed E-state index contributed by atoms with van der Waals surface area (Å²) >= 11 is 0. The molecule has 2 aromatic rings. The van der Waals surface area contributed by atoms with E-state index in [1.165, 1.54) is 4.68 Å². The van der Waals surface area contributed by atoms with Gasteiger partial charge < -0.3 is 10.3 Å². The van der Waals surface area contributed by atoms with Gasteiger partial charge >= 0.3 is 5.69 Å². The third-order valence-electron chi connectivity index (χ3n) is 4.60. The molecule has 1 fully saturated rings. The van der Waals surface area contributed by atoms with Gasteiger partial charge in [-0.15, -0.1) is 0 Å². The monoisotopic (exact) mass is 318 g/mol. The molecule has 1 aliphatic rings. The molecule has 2 atom stereocenters. The zero-order valence-corrected chi connectivity index (χ0v) is 13.5. The summed E-state index contributed by atoms with van der Waals surface area (Å²) in [5, 5.41) is 7.38. The smallest absolute Gasteiger partial charge is 0.345 e. The molecule has 0 bridgehead atoms. The van der Waals surface area contributed by atoms with Crippen LogP contribution in [0, 0.1) is 5.92 Å². The summed E-state index contributed by atoms with van der Waals surface area (Å²) in [5.41, 5.74) is -0.119. The molecule has 2 N–H and O–H groups in total. The van der Waals surface area contributed by atoms with Crippen molar-refractivity contribution in [1.82, 2.24) is 29.6 Å². The average Bonchev–Trinajstić information content (AvgIpc) is 3.15. The first kappa shape index (κ1) is 15.5. The number of H-pyrrole nitrogens is 1. The minimum absolute atomic E-state index is 0.0819. The van der Waals surface area contributed by atoms with Gasteiger partial charge in [0, 0.05) is 39.0 Å². The first-order valence-corrected chi connectivity index (χ1v) is 7.95. The molecule has 0 radical (unpaired) electrons. The van der Waals surface area contributed by atoms with Gasteiger partial charge in [0.05, 0.1) is 0 Å². The molecular weight excluding hydrogens is 296 g/mol. The van der Waals surface area contributed by atoms with Gasteiger partial charge in [0.15, 0.2) is 5.82 Å². The van der Waals surface area contributed by atoms with E-state index in [1.807, 2.05) is 0 Å².